The largest absolute Gasteiger partial charge is 0.416 e. The number of benzene rings is 3. The van der Waals surface area contributed by atoms with Gasteiger partial charge in [0.1, 0.15) is 23.6 Å². The lowest BCUT2D eigenvalue weighted by molar-refractivity contribution is -0.137. The Hall–Kier alpha value is -3.70. The van der Waals surface area contributed by atoms with Crippen molar-refractivity contribution in [2.75, 3.05) is 13.6 Å². The molecule has 0 saturated carbocycles. The highest BCUT2D eigenvalue weighted by molar-refractivity contribution is 5.64. The molecule has 36 heavy (non-hydrogen) atoms. The Morgan fingerprint density at radius 2 is 1.56 bits per heavy atom. The predicted molar refractivity (Wildman–Crippen MR) is 121 cm³/mol. The molecule has 6 nitrogen and oxygen atoms in total. The van der Waals surface area contributed by atoms with Crippen LogP contribution >= 0.6 is 0 Å². The van der Waals surface area contributed by atoms with E-state index < -0.39 is 29.0 Å². The molecule has 4 aromatic rings. The number of tetrazole rings is 1. The van der Waals surface area contributed by atoms with Crippen molar-refractivity contribution >= 4 is 0 Å². The van der Waals surface area contributed by atoms with Crippen LogP contribution in [-0.2, 0) is 24.9 Å². The molecule has 1 atom stereocenters. The van der Waals surface area contributed by atoms with Crippen LogP contribution in [0.15, 0.2) is 73.1 Å². The lowest BCUT2D eigenvalue weighted by Crippen LogP contribution is -2.43. The van der Waals surface area contributed by atoms with Gasteiger partial charge in [-0.1, -0.05) is 42.5 Å². The van der Waals surface area contributed by atoms with E-state index in [1.165, 1.54) is 29.2 Å². The molecule has 11 heteroatoms. The molecule has 0 spiro atoms. The van der Waals surface area contributed by atoms with Gasteiger partial charge in [0.15, 0.2) is 0 Å². The van der Waals surface area contributed by atoms with Crippen LogP contribution in [0.5, 0.6) is 0 Å². The first-order valence-corrected chi connectivity index (χ1v) is 10.9. The van der Waals surface area contributed by atoms with Gasteiger partial charge in [0.05, 0.1) is 12.1 Å². The fourth-order valence-corrected chi connectivity index (χ4v) is 4.08. The van der Waals surface area contributed by atoms with Crippen molar-refractivity contribution in [3.63, 3.8) is 0 Å². The summed E-state index contributed by atoms with van der Waals surface area (Å²) in [5.74, 6) is -1.65. The van der Waals surface area contributed by atoms with E-state index >= 15 is 0 Å². The van der Waals surface area contributed by atoms with Gasteiger partial charge in [0, 0.05) is 24.7 Å². The van der Waals surface area contributed by atoms with E-state index in [4.69, 9.17) is 0 Å². The van der Waals surface area contributed by atoms with Crippen molar-refractivity contribution in [2.24, 2.45) is 0 Å². The van der Waals surface area contributed by atoms with E-state index in [9.17, 15) is 27.1 Å². The van der Waals surface area contributed by atoms with Gasteiger partial charge in [-0.25, -0.2) is 13.5 Å². The van der Waals surface area contributed by atoms with E-state index in [-0.39, 0.29) is 18.7 Å². The van der Waals surface area contributed by atoms with Gasteiger partial charge in [-0.05, 0) is 52.4 Å². The van der Waals surface area contributed by atoms with Gasteiger partial charge in [-0.2, -0.15) is 13.2 Å². The summed E-state index contributed by atoms with van der Waals surface area (Å²) in [6.45, 7) is 0.170. The van der Waals surface area contributed by atoms with Gasteiger partial charge in [-0.3, -0.25) is 4.90 Å². The average molecular weight is 503 g/mol. The van der Waals surface area contributed by atoms with Gasteiger partial charge >= 0.3 is 6.18 Å². The average Bonchev–Trinajstić information content (AvgIpc) is 3.31. The van der Waals surface area contributed by atoms with E-state index in [1.54, 1.807) is 24.1 Å². The van der Waals surface area contributed by atoms with E-state index in [0.29, 0.717) is 18.2 Å². The molecule has 1 N–H and O–H groups in total. The molecular formula is C25H22F5N5O. The molecule has 0 aliphatic carbocycles. The molecule has 0 amide bonds. The Bertz CT molecular complexity index is 1290. The molecule has 0 aliphatic heterocycles. The molecule has 1 aromatic heterocycles. The van der Waals surface area contributed by atoms with Crippen LogP contribution in [-0.4, -0.2) is 43.8 Å². The molecule has 0 bridgehead atoms. The van der Waals surface area contributed by atoms with E-state index in [1.807, 2.05) is 12.1 Å². The second kappa shape index (κ2) is 10.1. The summed E-state index contributed by atoms with van der Waals surface area (Å²) in [6.07, 6.45) is -3.11. The van der Waals surface area contributed by atoms with Crippen molar-refractivity contribution in [3.8, 4) is 11.1 Å². The zero-order valence-corrected chi connectivity index (χ0v) is 19.1. The molecular weight excluding hydrogens is 481 g/mol. The van der Waals surface area contributed by atoms with Crippen LogP contribution in [0.25, 0.3) is 11.1 Å². The number of hydrogen-bond donors (Lipinski definition) is 1. The maximum absolute atomic E-state index is 14.6. The number of rotatable bonds is 8. The number of aromatic nitrogens is 4. The molecule has 1 heterocycles. The summed E-state index contributed by atoms with van der Waals surface area (Å²) in [6, 6.07) is 15.1. The van der Waals surface area contributed by atoms with Gasteiger partial charge in [-0.15, -0.1) is 5.10 Å². The van der Waals surface area contributed by atoms with Crippen LogP contribution in [0.3, 0.4) is 0 Å². The summed E-state index contributed by atoms with van der Waals surface area (Å²) < 4.78 is 67.7. The number of likely N-dealkylation sites (N-methyl/N-ethyl adjacent to an activating group) is 1. The predicted octanol–water partition coefficient (Wildman–Crippen LogP) is 4.66. The summed E-state index contributed by atoms with van der Waals surface area (Å²) in [5, 5.41) is 22.3. The Labute approximate surface area is 203 Å². The molecule has 188 valence electrons. The second-order valence-corrected chi connectivity index (χ2v) is 8.61. The zero-order chi connectivity index (χ0) is 25.9. The third kappa shape index (κ3) is 5.92. The fourth-order valence-electron chi connectivity index (χ4n) is 4.08. The SMILES string of the molecule is CN(Cc1ccc(-c2ccc(C(F)(F)F)cc2)cc1)CC(O)(Cn1cnnn1)c1ccc(F)cc1F. The second-order valence-electron chi connectivity index (χ2n) is 8.61. The molecule has 1 unspecified atom stereocenters. The first-order chi connectivity index (χ1) is 17.0. The summed E-state index contributed by atoms with van der Waals surface area (Å²) in [4.78, 5) is 1.76. The van der Waals surface area contributed by atoms with Crippen LogP contribution < -0.4 is 0 Å². The Morgan fingerprint density at radius 3 is 2.11 bits per heavy atom. The standard InChI is InChI=1S/C25H22F5N5O/c1-34(13-17-2-4-18(5-3-17)19-6-8-20(9-7-19)25(28,29)30)14-24(36,15-35-16-31-32-33-35)22-11-10-21(26)12-23(22)27/h2-12,16,36H,13-15H2,1H3. The maximum atomic E-state index is 14.6. The summed E-state index contributed by atoms with van der Waals surface area (Å²) in [5.41, 5.74) is -0.330. The van der Waals surface area contributed by atoms with Crippen molar-refractivity contribution in [2.45, 2.75) is 24.9 Å². The van der Waals surface area contributed by atoms with Crippen LogP contribution in [0.1, 0.15) is 16.7 Å². The van der Waals surface area contributed by atoms with Gasteiger partial charge in [0.2, 0.25) is 0 Å². The molecule has 0 saturated heterocycles. The number of alkyl halides is 3. The Morgan fingerprint density at radius 1 is 0.917 bits per heavy atom. The van der Waals surface area contributed by atoms with Gasteiger partial charge < -0.3 is 5.11 Å². The number of halogens is 5. The first kappa shape index (κ1) is 25.4. The Balaban J connectivity index is 1.49. The lowest BCUT2D eigenvalue weighted by atomic mass is 9.92. The minimum absolute atomic E-state index is 0.0317. The minimum atomic E-state index is -4.39. The quantitative estimate of drug-likeness (QED) is 0.355. The zero-order valence-electron chi connectivity index (χ0n) is 19.1. The number of hydrogen-bond acceptors (Lipinski definition) is 5. The van der Waals surface area contributed by atoms with E-state index in [0.717, 1.165) is 29.3 Å². The minimum Gasteiger partial charge on any atom is -0.382 e. The van der Waals surface area contributed by atoms with E-state index in [2.05, 4.69) is 15.5 Å². The van der Waals surface area contributed by atoms with Crippen LogP contribution in [0, 0.1) is 11.6 Å². The molecule has 3 aromatic carbocycles. The van der Waals surface area contributed by atoms with Crippen molar-refractivity contribution < 1.29 is 27.1 Å². The molecule has 0 fully saturated rings. The highest BCUT2D eigenvalue weighted by Gasteiger charge is 2.35. The number of nitrogens with zero attached hydrogens (tertiary/aromatic N) is 5. The first-order valence-electron chi connectivity index (χ1n) is 10.9. The highest BCUT2D eigenvalue weighted by atomic mass is 19.4. The Kier molecular flexibility index (Phi) is 7.14. The maximum Gasteiger partial charge on any atom is 0.416 e. The third-order valence-electron chi connectivity index (χ3n) is 5.73. The summed E-state index contributed by atoms with van der Waals surface area (Å²) >= 11 is 0. The third-order valence-corrected chi connectivity index (χ3v) is 5.73. The normalized spacial score (nSPS) is 13.7. The molecule has 4 rings (SSSR count). The molecule has 0 aliphatic rings. The lowest BCUT2D eigenvalue weighted by Gasteiger charge is -2.33. The topological polar surface area (TPSA) is 67.1 Å². The van der Waals surface area contributed by atoms with Crippen molar-refractivity contribution in [1.29, 1.82) is 0 Å². The highest BCUT2D eigenvalue weighted by Crippen LogP contribution is 2.31. The number of aliphatic hydroxyl groups is 1. The molecule has 0 radical (unpaired) electrons. The monoisotopic (exact) mass is 503 g/mol. The van der Waals surface area contributed by atoms with Crippen LogP contribution in [0.2, 0.25) is 0 Å². The van der Waals surface area contributed by atoms with Crippen LogP contribution in [0.4, 0.5) is 22.0 Å². The smallest absolute Gasteiger partial charge is 0.382 e. The summed E-state index contributed by atoms with van der Waals surface area (Å²) in [7, 11) is 1.73. The van der Waals surface area contributed by atoms with Crippen molar-refractivity contribution in [3.05, 3.63) is 101 Å². The fraction of sp³-hybridized carbons (Fsp3) is 0.240. The van der Waals surface area contributed by atoms with Gasteiger partial charge in [0.25, 0.3) is 0 Å². The van der Waals surface area contributed by atoms with Crippen molar-refractivity contribution in [1.82, 2.24) is 25.1 Å².